The zero-order chi connectivity index (χ0) is 18.8. The number of pyridine rings is 1. The van der Waals surface area contributed by atoms with Gasteiger partial charge in [0.05, 0.1) is 18.8 Å². The number of rotatable bonds is 7. The molecule has 0 N–H and O–H groups in total. The molecular weight excluding hydrogens is 360 g/mol. The molecule has 6 heteroatoms. The zero-order valence-corrected chi connectivity index (χ0v) is 16.3. The van der Waals surface area contributed by atoms with E-state index in [2.05, 4.69) is 23.4 Å². The summed E-state index contributed by atoms with van der Waals surface area (Å²) in [5.41, 5.74) is 3.37. The van der Waals surface area contributed by atoms with Crippen LogP contribution < -0.4 is 10.3 Å². The number of aryl methyl sites for hydroxylation is 1. The van der Waals surface area contributed by atoms with Crippen LogP contribution >= 0.6 is 11.8 Å². The highest BCUT2D eigenvalue weighted by molar-refractivity contribution is 7.98. The Kier molecular flexibility index (Phi) is 5.07. The fraction of sp³-hybridized carbons (Fsp3) is 0.333. The van der Waals surface area contributed by atoms with Gasteiger partial charge in [-0.05, 0) is 56.2 Å². The molecule has 3 aromatic rings. The highest BCUT2D eigenvalue weighted by atomic mass is 32.2. The molecule has 140 valence electrons. The standard InChI is InChI=1S/C21H22N2O3S/c1-14-7-16(9-23(21(14)24)10-17-12-25-13-22-17)19-8-18(27-2)5-6-20(19)26-11-15-3-4-15/h5-9,12-13,15H,3-4,10-11H2,1-2H3. The van der Waals surface area contributed by atoms with E-state index in [1.807, 2.05) is 25.3 Å². The Hall–Kier alpha value is -2.47. The molecule has 0 radical (unpaired) electrons. The van der Waals surface area contributed by atoms with E-state index >= 15 is 0 Å². The second-order valence-electron chi connectivity index (χ2n) is 6.94. The first-order valence-corrected chi connectivity index (χ1v) is 10.3. The molecule has 1 aliphatic carbocycles. The number of aromatic nitrogens is 2. The number of nitrogens with zero attached hydrogens (tertiary/aromatic N) is 2. The number of benzene rings is 1. The highest BCUT2D eigenvalue weighted by Gasteiger charge is 2.22. The van der Waals surface area contributed by atoms with E-state index in [1.54, 1.807) is 22.6 Å². The van der Waals surface area contributed by atoms with Crippen molar-refractivity contribution in [1.29, 1.82) is 0 Å². The van der Waals surface area contributed by atoms with Gasteiger partial charge in [-0.2, -0.15) is 0 Å². The lowest BCUT2D eigenvalue weighted by atomic mass is 10.0. The van der Waals surface area contributed by atoms with Gasteiger partial charge >= 0.3 is 0 Å². The van der Waals surface area contributed by atoms with Gasteiger partial charge in [0.15, 0.2) is 6.39 Å². The van der Waals surface area contributed by atoms with Crippen LogP contribution in [0.4, 0.5) is 0 Å². The SMILES string of the molecule is CSc1ccc(OCC2CC2)c(-c2cc(C)c(=O)n(Cc3cocn3)c2)c1. The molecule has 5 nitrogen and oxygen atoms in total. The molecule has 0 atom stereocenters. The van der Waals surface area contributed by atoms with E-state index in [9.17, 15) is 4.79 Å². The first kappa shape index (κ1) is 17.9. The maximum absolute atomic E-state index is 12.6. The molecule has 27 heavy (non-hydrogen) atoms. The van der Waals surface area contributed by atoms with E-state index in [-0.39, 0.29) is 5.56 Å². The summed E-state index contributed by atoms with van der Waals surface area (Å²) in [6, 6.07) is 8.18. The summed E-state index contributed by atoms with van der Waals surface area (Å²) in [6.45, 7) is 2.97. The van der Waals surface area contributed by atoms with Crippen molar-refractivity contribution >= 4 is 11.8 Å². The fourth-order valence-electron chi connectivity index (χ4n) is 3.02. The Bertz CT molecular complexity index is 991. The molecular formula is C21H22N2O3S. The lowest BCUT2D eigenvalue weighted by Gasteiger charge is -2.15. The average molecular weight is 382 g/mol. The predicted octanol–water partition coefficient (Wildman–Crippen LogP) is 4.37. The van der Waals surface area contributed by atoms with E-state index in [0.717, 1.165) is 34.1 Å². The maximum atomic E-state index is 12.6. The molecule has 0 bridgehead atoms. The van der Waals surface area contributed by atoms with Gasteiger partial charge in [-0.25, -0.2) is 4.98 Å². The van der Waals surface area contributed by atoms with Crippen LogP contribution in [-0.4, -0.2) is 22.4 Å². The lowest BCUT2D eigenvalue weighted by Crippen LogP contribution is -2.22. The number of hydrogen-bond donors (Lipinski definition) is 0. The molecule has 1 aliphatic rings. The van der Waals surface area contributed by atoms with Crippen molar-refractivity contribution in [2.45, 2.75) is 31.2 Å². The molecule has 0 spiro atoms. The molecule has 2 heterocycles. The summed E-state index contributed by atoms with van der Waals surface area (Å²) >= 11 is 1.69. The van der Waals surface area contributed by atoms with Crippen LogP contribution in [0.1, 0.15) is 24.1 Å². The minimum Gasteiger partial charge on any atom is -0.493 e. The quantitative estimate of drug-likeness (QED) is 0.568. The third-order valence-electron chi connectivity index (χ3n) is 4.75. The molecule has 0 unspecified atom stereocenters. The van der Waals surface area contributed by atoms with Crippen LogP contribution in [0.3, 0.4) is 0 Å². The number of thioether (sulfide) groups is 1. The minimum absolute atomic E-state index is 0.0248. The zero-order valence-electron chi connectivity index (χ0n) is 15.5. The molecule has 2 aromatic heterocycles. The fourth-order valence-corrected chi connectivity index (χ4v) is 3.46. The van der Waals surface area contributed by atoms with Gasteiger partial charge in [-0.15, -0.1) is 11.8 Å². The van der Waals surface area contributed by atoms with E-state index in [0.29, 0.717) is 18.0 Å². The molecule has 1 aromatic carbocycles. The lowest BCUT2D eigenvalue weighted by molar-refractivity contribution is 0.301. The van der Waals surface area contributed by atoms with Crippen molar-refractivity contribution in [2.75, 3.05) is 12.9 Å². The van der Waals surface area contributed by atoms with Crippen LogP contribution in [0.15, 0.2) is 57.2 Å². The summed E-state index contributed by atoms with van der Waals surface area (Å²) in [5.74, 6) is 1.55. The molecule has 4 rings (SSSR count). The van der Waals surface area contributed by atoms with Crippen molar-refractivity contribution in [2.24, 2.45) is 5.92 Å². The molecule has 0 amide bonds. The van der Waals surface area contributed by atoms with E-state index in [4.69, 9.17) is 9.15 Å². The summed E-state index contributed by atoms with van der Waals surface area (Å²) < 4.78 is 12.8. The van der Waals surface area contributed by atoms with Gasteiger partial charge in [0.1, 0.15) is 12.0 Å². The second-order valence-corrected chi connectivity index (χ2v) is 7.82. The maximum Gasteiger partial charge on any atom is 0.253 e. The molecule has 0 aliphatic heterocycles. The normalized spacial score (nSPS) is 13.7. The summed E-state index contributed by atoms with van der Waals surface area (Å²) in [7, 11) is 0. The average Bonchev–Trinajstić information content (AvgIpc) is 3.37. The highest BCUT2D eigenvalue weighted by Crippen LogP contribution is 2.36. The third-order valence-corrected chi connectivity index (χ3v) is 5.48. The first-order valence-electron chi connectivity index (χ1n) is 9.03. The van der Waals surface area contributed by atoms with E-state index in [1.165, 1.54) is 19.2 Å². The Morgan fingerprint density at radius 3 is 2.89 bits per heavy atom. The number of hydrogen-bond acceptors (Lipinski definition) is 5. The van der Waals surface area contributed by atoms with Crippen LogP contribution in [0, 0.1) is 12.8 Å². The van der Waals surface area contributed by atoms with Crippen molar-refractivity contribution in [3.63, 3.8) is 0 Å². The summed E-state index contributed by atoms with van der Waals surface area (Å²) in [5, 5.41) is 0. The van der Waals surface area contributed by atoms with Crippen LogP contribution in [0.2, 0.25) is 0 Å². The van der Waals surface area contributed by atoms with Crippen molar-refractivity contribution in [3.05, 3.63) is 64.7 Å². The molecule has 1 saturated carbocycles. The van der Waals surface area contributed by atoms with Crippen LogP contribution in [0.5, 0.6) is 5.75 Å². The van der Waals surface area contributed by atoms with Gasteiger partial charge < -0.3 is 13.7 Å². The Morgan fingerprint density at radius 1 is 1.33 bits per heavy atom. The largest absolute Gasteiger partial charge is 0.493 e. The Labute approximate surface area is 162 Å². The van der Waals surface area contributed by atoms with Gasteiger partial charge in [-0.1, -0.05) is 0 Å². The van der Waals surface area contributed by atoms with Crippen LogP contribution in [0.25, 0.3) is 11.1 Å². The third kappa shape index (κ3) is 4.11. The molecule has 1 fully saturated rings. The molecule has 0 saturated heterocycles. The number of oxazole rings is 1. The van der Waals surface area contributed by atoms with Gasteiger partial charge in [0, 0.05) is 27.8 Å². The first-order chi connectivity index (χ1) is 13.1. The van der Waals surface area contributed by atoms with Crippen molar-refractivity contribution < 1.29 is 9.15 Å². The van der Waals surface area contributed by atoms with Gasteiger partial charge in [-0.3, -0.25) is 4.79 Å². The van der Waals surface area contributed by atoms with Crippen LogP contribution in [-0.2, 0) is 6.54 Å². The van der Waals surface area contributed by atoms with Gasteiger partial charge in [0.2, 0.25) is 0 Å². The summed E-state index contributed by atoms with van der Waals surface area (Å²) in [4.78, 5) is 17.9. The Morgan fingerprint density at radius 2 is 2.19 bits per heavy atom. The summed E-state index contributed by atoms with van der Waals surface area (Å²) in [6.07, 6.45) is 9.38. The predicted molar refractivity (Wildman–Crippen MR) is 106 cm³/mol. The monoisotopic (exact) mass is 382 g/mol. The smallest absolute Gasteiger partial charge is 0.253 e. The van der Waals surface area contributed by atoms with Crippen molar-refractivity contribution in [1.82, 2.24) is 9.55 Å². The Balaban J connectivity index is 1.74. The minimum atomic E-state index is -0.0248. The van der Waals surface area contributed by atoms with E-state index < -0.39 is 0 Å². The van der Waals surface area contributed by atoms with Gasteiger partial charge in [0.25, 0.3) is 5.56 Å². The second kappa shape index (κ2) is 7.64. The van der Waals surface area contributed by atoms with Crippen molar-refractivity contribution in [3.8, 4) is 16.9 Å². The number of ether oxygens (including phenoxy) is 1. The topological polar surface area (TPSA) is 57.3 Å².